The van der Waals surface area contributed by atoms with Crippen molar-refractivity contribution in [2.45, 2.75) is 0 Å². The van der Waals surface area contributed by atoms with Gasteiger partial charge in [-0.1, -0.05) is 0 Å². The van der Waals surface area contributed by atoms with Crippen molar-refractivity contribution in [1.29, 1.82) is 0 Å². The summed E-state index contributed by atoms with van der Waals surface area (Å²) >= 11 is 0. The molecule has 0 aromatic rings. The molecule has 39 valence electrons. The van der Waals surface area contributed by atoms with Gasteiger partial charge in [0.2, 0.25) is 0 Å². The minimum atomic E-state index is 0. The molecule has 0 aliphatic carbocycles. The van der Waals surface area contributed by atoms with Crippen LogP contribution in [0.15, 0.2) is 0 Å². The van der Waals surface area contributed by atoms with E-state index in [0.29, 0.717) is 0 Å². The zero-order valence-electron chi connectivity index (χ0n) is 0.577. The van der Waals surface area contributed by atoms with Crippen LogP contribution in [0, 0.1) is 35.6 Å². The van der Waals surface area contributed by atoms with Crippen LogP contribution in [0.1, 0.15) is 0 Å². The van der Waals surface area contributed by atoms with Gasteiger partial charge in [-0.25, -0.2) is 0 Å². The first-order valence-electron chi connectivity index (χ1n) is 0. The van der Waals surface area contributed by atoms with Gasteiger partial charge in [0.25, 0.3) is 0 Å². The summed E-state index contributed by atoms with van der Waals surface area (Å²) in [5.41, 5.74) is 0. The second-order valence-electron chi connectivity index (χ2n) is 0. The van der Waals surface area contributed by atoms with Crippen LogP contribution in [0.3, 0.4) is 0 Å². The maximum Gasteiger partial charge on any atom is 0 e. The van der Waals surface area contributed by atoms with Crippen molar-refractivity contribution in [2.24, 2.45) is 0 Å². The summed E-state index contributed by atoms with van der Waals surface area (Å²) in [6.45, 7) is 0. The molecule has 0 unspecified atom stereocenters. The molecule has 1 radical (unpaired) electrons. The SMILES string of the molecule is [GaH3].[GaH3].[GaH3].[GaH3].[GaH3].[GaH3].[La]. The summed E-state index contributed by atoms with van der Waals surface area (Å²) in [5, 5.41) is 0. The van der Waals surface area contributed by atoms with Gasteiger partial charge in [-0.15, -0.1) is 0 Å². The normalized spacial score (nSPS) is 0. The molecular formula is H18Ga6La. The Balaban J connectivity index is 0. The van der Waals surface area contributed by atoms with E-state index in [4.69, 9.17) is 0 Å². The molecule has 0 saturated carbocycles. The standard InChI is InChI=1S/6Ga.La.18H. The molecule has 0 saturated heterocycles. The minimum absolute atomic E-state index is 0. The first-order valence-corrected chi connectivity index (χ1v) is 0. The maximum absolute atomic E-state index is 0. The van der Waals surface area contributed by atoms with E-state index in [2.05, 4.69) is 0 Å². The monoisotopic (exact) mass is 571 g/mol. The molecular weight excluding hydrogens is 557 g/mol. The molecule has 0 aliphatic rings. The van der Waals surface area contributed by atoms with E-state index in [1.807, 2.05) is 0 Å². The Bertz CT molecular complexity index is 4.14. The van der Waals surface area contributed by atoms with Gasteiger partial charge in [0.05, 0.1) is 0 Å². The Kier molecular flexibility index (Phi) is 364. The van der Waals surface area contributed by atoms with Crippen LogP contribution in [0.4, 0.5) is 0 Å². The predicted octanol–water partition coefficient (Wildman–Crippen LogP) is -7.10. The van der Waals surface area contributed by atoms with Crippen LogP contribution < -0.4 is 0 Å². The van der Waals surface area contributed by atoms with Crippen molar-refractivity contribution in [1.82, 2.24) is 0 Å². The molecule has 0 aromatic heterocycles. The summed E-state index contributed by atoms with van der Waals surface area (Å²) < 4.78 is 0. The summed E-state index contributed by atoms with van der Waals surface area (Å²) in [6.07, 6.45) is 0. The van der Waals surface area contributed by atoms with Crippen LogP contribution in [-0.4, -0.2) is 119 Å². The van der Waals surface area contributed by atoms with Crippen LogP contribution in [0.5, 0.6) is 0 Å². The Morgan fingerprint density at radius 3 is 0.286 bits per heavy atom. The van der Waals surface area contributed by atoms with Gasteiger partial charge in [-0.2, -0.15) is 0 Å². The van der Waals surface area contributed by atoms with Gasteiger partial charge < -0.3 is 0 Å². The predicted molar refractivity (Wildman–Crippen MR) is 59.6 cm³/mol. The quantitative estimate of drug-likeness (QED) is 0.252. The van der Waals surface area contributed by atoms with Crippen LogP contribution >= 0.6 is 0 Å². The van der Waals surface area contributed by atoms with Crippen molar-refractivity contribution >= 4 is 119 Å². The number of hydrogen-bond donors (Lipinski definition) is 0. The van der Waals surface area contributed by atoms with Gasteiger partial charge in [-0.3, -0.25) is 0 Å². The molecule has 0 aliphatic heterocycles. The van der Waals surface area contributed by atoms with Crippen molar-refractivity contribution in [3.63, 3.8) is 0 Å². The topological polar surface area (TPSA) is 0 Å². The Labute approximate surface area is 151 Å². The molecule has 0 heterocycles. The van der Waals surface area contributed by atoms with E-state index < -0.39 is 0 Å². The molecule has 0 fully saturated rings. The summed E-state index contributed by atoms with van der Waals surface area (Å²) in [5.74, 6) is 0. The fraction of sp³-hybridized carbons (Fsp3) is 0. The Morgan fingerprint density at radius 2 is 0.286 bits per heavy atom. The van der Waals surface area contributed by atoms with E-state index in [0.717, 1.165) is 0 Å². The molecule has 0 N–H and O–H groups in total. The maximum atomic E-state index is 0. The van der Waals surface area contributed by atoms with Crippen LogP contribution in [-0.2, 0) is 0 Å². The molecule has 0 nitrogen and oxygen atoms in total. The summed E-state index contributed by atoms with van der Waals surface area (Å²) in [4.78, 5) is 0. The zero-order valence-corrected chi connectivity index (χ0v) is 4.20. The van der Waals surface area contributed by atoms with E-state index in [9.17, 15) is 0 Å². The zero-order chi connectivity index (χ0) is 0. The first-order chi connectivity index (χ1) is 0. The molecule has 0 aromatic carbocycles. The molecule has 0 bridgehead atoms. The Morgan fingerprint density at radius 1 is 0.286 bits per heavy atom. The van der Waals surface area contributed by atoms with Crippen molar-refractivity contribution < 1.29 is 35.6 Å². The van der Waals surface area contributed by atoms with Gasteiger partial charge >= 0.3 is 119 Å². The second-order valence-corrected chi connectivity index (χ2v) is 0. The average molecular weight is 575 g/mol. The van der Waals surface area contributed by atoms with E-state index >= 15 is 0 Å². The van der Waals surface area contributed by atoms with Crippen molar-refractivity contribution in [3.8, 4) is 0 Å². The Hall–Kier alpha value is 5.01. The third-order valence-electron chi connectivity index (χ3n) is 0. The molecule has 0 rings (SSSR count). The van der Waals surface area contributed by atoms with Gasteiger partial charge in [0.1, 0.15) is 0 Å². The largest absolute Gasteiger partial charge is 0 e. The second kappa shape index (κ2) is 43.9. The first kappa shape index (κ1) is 58.0. The molecule has 0 spiro atoms. The average Bonchev–Trinajstić information content (AvgIpc) is 0. The molecule has 0 atom stereocenters. The molecule has 7 heteroatoms. The van der Waals surface area contributed by atoms with Crippen molar-refractivity contribution in [2.75, 3.05) is 0 Å². The van der Waals surface area contributed by atoms with Gasteiger partial charge in [-0.05, 0) is 0 Å². The van der Waals surface area contributed by atoms with E-state index in [-0.39, 0.29) is 154 Å². The minimum Gasteiger partial charge on any atom is 0 e. The van der Waals surface area contributed by atoms with Crippen molar-refractivity contribution in [3.05, 3.63) is 0 Å². The fourth-order valence-electron chi connectivity index (χ4n) is 0. The number of hydrogen-bond acceptors (Lipinski definition) is 0. The third-order valence-corrected chi connectivity index (χ3v) is 0. The van der Waals surface area contributed by atoms with Crippen LogP contribution in [0.2, 0.25) is 0 Å². The van der Waals surface area contributed by atoms with E-state index in [1.165, 1.54) is 0 Å². The molecule has 7 heavy (non-hydrogen) atoms. The van der Waals surface area contributed by atoms with Gasteiger partial charge in [0, 0.05) is 35.6 Å². The smallest absolute Gasteiger partial charge is 0 e. The molecule has 0 amide bonds. The summed E-state index contributed by atoms with van der Waals surface area (Å²) in [6, 6.07) is 0. The third kappa shape index (κ3) is 35.6. The fourth-order valence-corrected chi connectivity index (χ4v) is 0. The summed E-state index contributed by atoms with van der Waals surface area (Å²) in [7, 11) is 0. The van der Waals surface area contributed by atoms with Crippen LogP contribution in [0.25, 0.3) is 0 Å². The number of rotatable bonds is 0. The van der Waals surface area contributed by atoms with Gasteiger partial charge in [0.15, 0.2) is 0 Å². The van der Waals surface area contributed by atoms with E-state index in [1.54, 1.807) is 0 Å².